The van der Waals surface area contributed by atoms with Gasteiger partial charge in [-0.05, 0) is 35.6 Å². The third kappa shape index (κ3) is 2.68. The Morgan fingerprint density at radius 2 is 1.85 bits per heavy atom. The Labute approximate surface area is 156 Å². The second kappa shape index (κ2) is 6.38. The largest absolute Gasteiger partial charge is 0.508 e. The van der Waals surface area contributed by atoms with Crippen LogP contribution in [-0.2, 0) is 6.42 Å². The van der Waals surface area contributed by atoms with Crippen LogP contribution in [-0.4, -0.2) is 25.0 Å². The van der Waals surface area contributed by atoms with Crippen LogP contribution >= 0.6 is 12.6 Å². The minimum absolute atomic E-state index is 0.0133. The second-order valence-corrected chi connectivity index (χ2v) is 6.45. The number of aromatic nitrogens is 3. The lowest BCUT2D eigenvalue weighted by Gasteiger charge is -2.13. The van der Waals surface area contributed by atoms with E-state index in [4.69, 9.17) is 0 Å². The molecule has 26 heavy (non-hydrogen) atoms. The van der Waals surface area contributed by atoms with Crippen molar-refractivity contribution in [3.63, 3.8) is 0 Å². The summed E-state index contributed by atoms with van der Waals surface area (Å²) in [6.45, 7) is 2.13. The molecule has 4 aromatic rings. The molecule has 0 bridgehead atoms. The van der Waals surface area contributed by atoms with Crippen molar-refractivity contribution in [1.29, 1.82) is 0 Å². The van der Waals surface area contributed by atoms with Crippen LogP contribution in [0.2, 0.25) is 0 Å². The van der Waals surface area contributed by atoms with E-state index in [1.165, 1.54) is 17.7 Å². The van der Waals surface area contributed by atoms with Crippen molar-refractivity contribution in [1.82, 2.24) is 14.8 Å². The Bertz CT molecular complexity index is 1120. The first kappa shape index (κ1) is 16.5. The van der Waals surface area contributed by atoms with Crippen LogP contribution in [0.25, 0.3) is 27.8 Å². The summed E-state index contributed by atoms with van der Waals surface area (Å²) in [5.41, 5.74) is 2.61. The van der Waals surface area contributed by atoms with Crippen LogP contribution in [0.15, 0.2) is 59.8 Å². The highest BCUT2D eigenvalue weighted by Crippen LogP contribution is 2.35. The second-order valence-electron chi connectivity index (χ2n) is 6.05. The minimum Gasteiger partial charge on any atom is -0.508 e. The summed E-state index contributed by atoms with van der Waals surface area (Å²) < 4.78 is 1.79. The van der Waals surface area contributed by atoms with Crippen LogP contribution in [0.4, 0.5) is 0 Å². The Morgan fingerprint density at radius 3 is 2.62 bits per heavy atom. The highest BCUT2D eigenvalue weighted by atomic mass is 32.1. The standard InChI is InChI=1S/C20H17N3O2S/c1-2-12-6-8-15-13(10-12)4-3-5-17(15)23-19(21-22-20(23)26)16-9-7-14(24)11-18(16)25/h3-11,24-25H,2H2,1H3,(H,22,26). The molecule has 0 aliphatic rings. The maximum atomic E-state index is 10.2. The summed E-state index contributed by atoms with van der Waals surface area (Å²) in [4.78, 5) is 0. The molecule has 0 unspecified atom stereocenters. The minimum atomic E-state index is -0.0690. The van der Waals surface area contributed by atoms with Crippen LogP contribution in [0.3, 0.4) is 0 Å². The van der Waals surface area contributed by atoms with Crippen molar-refractivity contribution in [3.05, 3.63) is 60.2 Å². The molecule has 0 atom stereocenters. The first-order valence-electron chi connectivity index (χ1n) is 8.27. The topological polar surface area (TPSA) is 71.2 Å². The molecule has 0 radical (unpaired) electrons. The molecule has 0 spiro atoms. The number of hydrogen-bond donors (Lipinski definition) is 3. The first-order chi connectivity index (χ1) is 12.6. The van der Waals surface area contributed by atoms with Crippen LogP contribution in [0.1, 0.15) is 12.5 Å². The van der Waals surface area contributed by atoms with E-state index < -0.39 is 0 Å². The van der Waals surface area contributed by atoms with Gasteiger partial charge in [-0.25, -0.2) is 0 Å². The molecule has 5 nitrogen and oxygen atoms in total. The summed E-state index contributed by atoms with van der Waals surface area (Å²) in [5, 5.41) is 30.6. The van der Waals surface area contributed by atoms with E-state index in [2.05, 4.69) is 54.0 Å². The van der Waals surface area contributed by atoms with E-state index in [0.29, 0.717) is 16.5 Å². The average molecular weight is 363 g/mol. The Hall–Kier alpha value is -2.99. The zero-order valence-electron chi connectivity index (χ0n) is 14.1. The predicted molar refractivity (Wildman–Crippen MR) is 104 cm³/mol. The Balaban J connectivity index is 1.98. The molecular weight excluding hydrogens is 346 g/mol. The van der Waals surface area contributed by atoms with Crippen LogP contribution < -0.4 is 0 Å². The SMILES string of the molecule is CCc1ccc2c(-n3c(S)nnc3-c3ccc(O)cc3O)cccc2c1. The first-order valence-corrected chi connectivity index (χ1v) is 8.72. The molecule has 3 aromatic carbocycles. The Morgan fingerprint density at radius 1 is 1.00 bits per heavy atom. The monoisotopic (exact) mass is 363 g/mol. The van der Waals surface area contributed by atoms with Gasteiger partial charge in [-0.15, -0.1) is 22.8 Å². The van der Waals surface area contributed by atoms with Crippen molar-refractivity contribution in [3.8, 4) is 28.6 Å². The molecule has 0 saturated heterocycles. The van der Waals surface area contributed by atoms with Gasteiger partial charge in [0.05, 0.1) is 11.3 Å². The summed E-state index contributed by atoms with van der Waals surface area (Å²) in [6.07, 6.45) is 0.969. The summed E-state index contributed by atoms with van der Waals surface area (Å²) in [5.74, 6) is 0.376. The van der Waals surface area contributed by atoms with E-state index in [9.17, 15) is 10.2 Å². The third-order valence-corrected chi connectivity index (χ3v) is 4.73. The van der Waals surface area contributed by atoms with Gasteiger partial charge in [-0.2, -0.15) is 0 Å². The lowest BCUT2D eigenvalue weighted by molar-refractivity contribution is 0.451. The van der Waals surface area contributed by atoms with Gasteiger partial charge in [0.25, 0.3) is 0 Å². The van der Waals surface area contributed by atoms with E-state index in [1.807, 2.05) is 12.1 Å². The van der Waals surface area contributed by atoms with Crippen molar-refractivity contribution >= 4 is 23.4 Å². The predicted octanol–water partition coefficient (Wildman–Crippen LogP) is 4.35. The lowest BCUT2D eigenvalue weighted by Crippen LogP contribution is -2.00. The van der Waals surface area contributed by atoms with E-state index in [1.54, 1.807) is 10.6 Å². The van der Waals surface area contributed by atoms with Crippen LogP contribution in [0.5, 0.6) is 11.5 Å². The van der Waals surface area contributed by atoms with Gasteiger partial charge in [-0.3, -0.25) is 4.57 Å². The number of phenols is 2. The highest BCUT2D eigenvalue weighted by molar-refractivity contribution is 7.80. The molecule has 130 valence electrons. The van der Waals surface area contributed by atoms with E-state index in [0.717, 1.165) is 22.9 Å². The number of rotatable bonds is 3. The number of fused-ring (bicyclic) bond motifs is 1. The fourth-order valence-corrected chi connectivity index (χ4v) is 3.36. The number of aromatic hydroxyl groups is 2. The number of phenolic OH excluding ortho intramolecular Hbond substituents is 2. The Kier molecular flexibility index (Phi) is 4.05. The van der Waals surface area contributed by atoms with Gasteiger partial charge >= 0.3 is 0 Å². The maximum absolute atomic E-state index is 10.2. The van der Waals surface area contributed by atoms with Gasteiger partial charge < -0.3 is 10.2 Å². The molecule has 0 aliphatic heterocycles. The summed E-state index contributed by atoms with van der Waals surface area (Å²) >= 11 is 4.46. The number of hydrogen-bond acceptors (Lipinski definition) is 5. The number of thiol groups is 1. The number of nitrogens with zero attached hydrogens (tertiary/aromatic N) is 3. The fraction of sp³-hybridized carbons (Fsp3) is 0.100. The third-order valence-electron chi connectivity index (χ3n) is 4.44. The zero-order chi connectivity index (χ0) is 18.3. The molecule has 6 heteroatoms. The van der Waals surface area contributed by atoms with Gasteiger partial charge in [0.1, 0.15) is 11.5 Å². The highest BCUT2D eigenvalue weighted by Gasteiger charge is 2.18. The lowest BCUT2D eigenvalue weighted by atomic mass is 10.0. The van der Waals surface area contributed by atoms with Crippen molar-refractivity contribution in [2.75, 3.05) is 0 Å². The average Bonchev–Trinajstić information content (AvgIpc) is 3.01. The van der Waals surface area contributed by atoms with E-state index >= 15 is 0 Å². The van der Waals surface area contributed by atoms with Crippen molar-refractivity contribution in [2.45, 2.75) is 18.5 Å². The molecule has 0 saturated carbocycles. The molecule has 0 fully saturated rings. The molecular formula is C20H17N3O2S. The quantitative estimate of drug-likeness (QED) is 0.473. The fourth-order valence-electron chi connectivity index (χ4n) is 3.11. The van der Waals surface area contributed by atoms with Crippen molar-refractivity contribution < 1.29 is 10.2 Å². The molecule has 4 rings (SSSR count). The zero-order valence-corrected chi connectivity index (χ0v) is 15.0. The van der Waals surface area contributed by atoms with E-state index in [-0.39, 0.29) is 11.5 Å². The van der Waals surface area contributed by atoms with Gasteiger partial charge in [0.15, 0.2) is 11.0 Å². The van der Waals surface area contributed by atoms with Crippen molar-refractivity contribution in [2.24, 2.45) is 0 Å². The summed E-state index contributed by atoms with van der Waals surface area (Å²) in [7, 11) is 0. The number of benzene rings is 3. The normalized spacial score (nSPS) is 11.2. The van der Waals surface area contributed by atoms with Gasteiger partial charge in [0.2, 0.25) is 0 Å². The van der Waals surface area contributed by atoms with Gasteiger partial charge in [-0.1, -0.05) is 37.3 Å². The number of aryl methyl sites for hydroxylation is 1. The summed E-state index contributed by atoms with van der Waals surface area (Å²) in [6, 6.07) is 16.8. The smallest absolute Gasteiger partial charge is 0.193 e. The molecule has 1 heterocycles. The maximum Gasteiger partial charge on any atom is 0.193 e. The van der Waals surface area contributed by atoms with Gasteiger partial charge in [0, 0.05) is 11.5 Å². The molecule has 1 aromatic heterocycles. The molecule has 0 amide bonds. The molecule has 0 aliphatic carbocycles. The van der Waals surface area contributed by atoms with Crippen LogP contribution in [0, 0.1) is 0 Å². The molecule has 2 N–H and O–H groups in total.